The minimum atomic E-state index is 0.652. The first-order valence-corrected chi connectivity index (χ1v) is 8.00. The fourth-order valence-corrected chi connectivity index (χ4v) is 3.74. The molecule has 0 aliphatic carbocycles. The number of nitrogens with one attached hydrogen (secondary N) is 1. The van der Waals surface area contributed by atoms with Crippen molar-refractivity contribution in [3.8, 4) is 5.69 Å². The SMILES string of the molecule is Cc1cc(Br)cc(C)c1-n1c(=S)[nH]c2cc(Br)cnc21. The Kier molecular flexibility index (Phi) is 3.56. The number of hydrogen-bond acceptors (Lipinski definition) is 2. The number of H-pyrrole nitrogens is 1. The molecular formula is C14H11Br2N3S. The summed E-state index contributed by atoms with van der Waals surface area (Å²) in [6.45, 7) is 4.15. The first-order valence-electron chi connectivity index (χ1n) is 6.01. The number of pyridine rings is 1. The van der Waals surface area contributed by atoms with Crippen LogP contribution >= 0.6 is 44.1 Å². The van der Waals surface area contributed by atoms with E-state index in [-0.39, 0.29) is 0 Å². The zero-order valence-corrected chi connectivity index (χ0v) is 14.9. The second-order valence-electron chi connectivity index (χ2n) is 4.68. The highest BCUT2D eigenvalue weighted by molar-refractivity contribution is 9.10. The number of fused-ring (bicyclic) bond motifs is 1. The van der Waals surface area contributed by atoms with Gasteiger partial charge in [-0.1, -0.05) is 15.9 Å². The van der Waals surface area contributed by atoms with Gasteiger partial charge in [0.15, 0.2) is 10.4 Å². The van der Waals surface area contributed by atoms with E-state index in [2.05, 4.69) is 67.8 Å². The molecule has 3 rings (SSSR count). The van der Waals surface area contributed by atoms with E-state index < -0.39 is 0 Å². The van der Waals surface area contributed by atoms with Crippen molar-refractivity contribution in [2.24, 2.45) is 0 Å². The molecule has 102 valence electrons. The topological polar surface area (TPSA) is 33.6 Å². The Balaban J connectivity index is 2.41. The van der Waals surface area contributed by atoms with Crippen LogP contribution in [0.2, 0.25) is 0 Å². The monoisotopic (exact) mass is 411 g/mol. The van der Waals surface area contributed by atoms with Crippen molar-refractivity contribution in [3.05, 3.63) is 49.2 Å². The first-order chi connectivity index (χ1) is 9.47. The molecule has 3 aromatic rings. The Morgan fingerprint density at radius 2 is 1.75 bits per heavy atom. The third-order valence-electron chi connectivity index (χ3n) is 3.17. The second-order valence-corrected chi connectivity index (χ2v) is 6.90. The molecule has 0 aliphatic heterocycles. The fraction of sp³-hybridized carbons (Fsp3) is 0.143. The van der Waals surface area contributed by atoms with Gasteiger partial charge < -0.3 is 4.98 Å². The van der Waals surface area contributed by atoms with Crippen molar-refractivity contribution in [3.63, 3.8) is 0 Å². The minimum absolute atomic E-state index is 0.652. The van der Waals surface area contributed by atoms with Crippen LogP contribution in [-0.4, -0.2) is 14.5 Å². The molecule has 20 heavy (non-hydrogen) atoms. The molecule has 0 fully saturated rings. The van der Waals surface area contributed by atoms with Crippen LogP contribution in [0.3, 0.4) is 0 Å². The highest BCUT2D eigenvalue weighted by Crippen LogP contribution is 2.27. The summed E-state index contributed by atoms with van der Waals surface area (Å²) in [6, 6.07) is 6.15. The predicted molar refractivity (Wildman–Crippen MR) is 91.1 cm³/mol. The quantitative estimate of drug-likeness (QED) is 0.555. The fourth-order valence-electron chi connectivity index (χ4n) is 2.43. The number of rotatable bonds is 1. The summed E-state index contributed by atoms with van der Waals surface area (Å²) in [4.78, 5) is 7.70. The summed E-state index contributed by atoms with van der Waals surface area (Å²) >= 11 is 12.4. The number of benzene rings is 1. The lowest BCUT2D eigenvalue weighted by atomic mass is 10.1. The summed E-state index contributed by atoms with van der Waals surface area (Å²) in [5.74, 6) is 0. The number of hydrogen-bond donors (Lipinski definition) is 1. The van der Waals surface area contributed by atoms with Crippen molar-refractivity contribution in [2.45, 2.75) is 13.8 Å². The molecule has 0 radical (unpaired) electrons. The predicted octanol–water partition coefficient (Wildman–Crippen LogP) is 5.22. The van der Waals surface area contributed by atoms with E-state index in [1.54, 1.807) is 6.20 Å². The third kappa shape index (κ3) is 2.25. The van der Waals surface area contributed by atoms with Gasteiger partial charge in [0.05, 0.1) is 11.2 Å². The molecule has 0 aliphatic rings. The van der Waals surface area contributed by atoms with Gasteiger partial charge in [-0.3, -0.25) is 4.57 Å². The summed E-state index contributed by atoms with van der Waals surface area (Å²) in [5, 5.41) is 0. The normalized spacial score (nSPS) is 11.2. The molecule has 0 saturated heterocycles. The molecule has 1 N–H and O–H groups in total. The molecule has 0 bridgehead atoms. The van der Waals surface area contributed by atoms with Crippen molar-refractivity contribution in [2.75, 3.05) is 0 Å². The van der Waals surface area contributed by atoms with Gasteiger partial charge >= 0.3 is 0 Å². The van der Waals surface area contributed by atoms with Gasteiger partial charge in [-0.05, 0) is 71.3 Å². The van der Waals surface area contributed by atoms with Crippen LogP contribution in [0.4, 0.5) is 0 Å². The Morgan fingerprint density at radius 3 is 2.40 bits per heavy atom. The van der Waals surface area contributed by atoms with Gasteiger partial charge in [-0.2, -0.15) is 0 Å². The average molecular weight is 413 g/mol. The lowest BCUT2D eigenvalue weighted by molar-refractivity contribution is 1.01. The van der Waals surface area contributed by atoms with E-state index in [1.165, 1.54) is 0 Å². The van der Waals surface area contributed by atoms with Gasteiger partial charge in [0.1, 0.15) is 0 Å². The summed E-state index contributed by atoms with van der Waals surface area (Å²) in [6.07, 6.45) is 1.78. The maximum atomic E-state index is 5.47. The Labute approximate surface area is 138 Å². The molecule has 1 aromatic carbocycles. The molecule has 0 saturated carbocycles. The molecule has 0 spiro atoms. The Hall–Kier alpha value is -0.980. The Bertz CT molecular complexity index is 857. The van der Waals surface area contributed by atoms with E-state index in [0.29, 0.717) is 4.77 Å². The van der Waals surface area contributed by atoms with E-state index in [4.69, 9.17) is 12.2 Å². The van der Waals surface area contributed by atoms with Crippen molar-refractivity contribution >= 4 is 55.2 Å². The van der Waals surface area contributed by atoms with Crippen LogP contribution < -0.4 is 0 Å². The van der Waals surface area contributed by atoms with Gasteiger partial charge in [-0.25, -0.2) is 4.98 Å². The van der Waals surface area contributed by atoms with Crippen molar-refractivity contribution < 1.29 is 0 Å². The lowest BCUT2D eigenvalue weighted by Gasteiger charge is -2.12. The highest BCUT2D eigenvalue weighted by atomic mass is 79.9. The molecule has 3 nitrogen and oxygen atoms in total. The van der Waals surface area contributed by atoms with E-state index in [0.717, 1.165) is 36.9 Å². The largest absolute Gasteiger partial charge is 0.329 e. The molecule has 2 heterocycles. The van der Waals surface area contributed by atoms with Crippen LogP contribution in [0.25, 0.3) is 16.9 Å². The second kappa shape index (κ2) is 5.09. The number of halogens is 2. The maximum absolute atomic E-state index is 5.47. The summed E-state index contributed by atoms with van der Waals surface area (Å²) in [7, 11) is 0. The zero-order chi connectivity index (χ0) is 14.4. The standard InChI is InChI=1S/C14H11Br2N3S/c1-7-3-9(15)4-8(2)12(7)19-13-11(18-14(19)20)5-10(16)6-17-13/h3-6H,1-2H3,(H,18,20). The van der Waals surface area contributed by atoms with Crippen LogP contribution in [0, 0.1) is 18.6 Å². The first kappa shape index (κ1) is 14.0. The molecule has 0 atom stereocenters. The zero-order valence-electron chi connectivity index (χ0n) is 10.9. The molecule has 0 amide bonds. The van der Waals surface area contributed by atoms with Crippen molar-refractivity contribution in [1.29, 1.82) is 0 Å². The van der Waals surface area contributed by atoms with E-state index in [1.807, 2.05) is 10.6 Å². The van der Waals surface area contributed by atoms with Crippen molar-refractivity contribution in [1.82, 2.24) is 14.5 Å². The highest BCUT2D eigenvalue weighted by Gasteiger charge is 2.13. The minimum Gasteiger partial charge on any atom is -0.329 e. The number of aromatic amines is 1. The van der Waals surface area contributed by atoms with E-state index in [9.17, 15) is 0 Å². The smallest absolute Gasteiger partial charge is 0.184 e. The van der Waals surface area contributed by atoms with Gasteiger partial charge in [0.25, 0.3) is 0 Å². The molecule has 0 unspecified atom stereocenters. The molecule has 6 heteroatoms. The van der Waals surface area contributed by atoms with Gasteiger partial charge in [-0.15, -0.1) is 0 Å². The number of nitrogens with zero attached hydrogens (tertiary/aromatic N) is 2. The van der Waals surface area contributed by atoms with Crippen LogP contribution in [0.15, 0.2) is 33.3 Å². The van der Waals surface area contributed by atoms with Crippen LogP contribution in [0.1, 0.15) is 11.1 Å². The maximum Gasteiger partial charge on any atom is 0.184 e. The van der Waals surface area contributed by atoms with Crippen LogP contribution in [-0.2, 0) is 0 Å². The lowest BCUT2D eigenvalue weighted by Crippen LogP contribution is -2.01. The van der Waals surface area contributed by atoms with E-state index >= 15 is 0 Å². The number of aryl methyl sites for hydroxylation is 2. The number of aromatic nitrogens is 3. The molecular weight excluding hydrogens is 402 g/mol. The molecule has 2 aromatic heterocycles. The summed E-state index contributed by atoms with van der Waals surface area (Å²) < 4.78 is 4.64. The van der Waals surface area contributed by atoms with Gasteiger partial charge in [0.2, 0.25) is 0 Å². The average Bonchev–Trinajstić information content (AvgIpc) is 2.64. The summed E-state index contributed by atoms with van der Waals surface area (Å²) in [5.41, 5.74) is 5.15. The number of imidazole rings is 1. The third-order valence-corrected chi connectivity index (χ3v) is 4.35. The van der Waals surface area contributed by atoms with Gasteiger partial charge in [0, 0.05) is 15.1 Å². The Morgan fingerprint density at radius 1 is 1.10 bits per heavy atom. The van der Waals surface area contributed by atoms with Crippen LogP contribution in [0.5, 0.6) is 0 Å².